The molecule has 1 fully saturated rings. The molecule has 1 saturated heterocycles. The van der Waals surface area contributed by atoms with Crippen LogP contribution in [0.25, 0.3) is 10.9 Å². The van der Waals surface area contributed by atoms with Crippen LogP contribution < -0.4 is 5.32 Å². The summed E-state index contributed by atoms with van der Waals surface area (Å²) in [5, 5.41) is 4.09. The fourth-order valence-electron chi connectivity index (χ4n) is 4.83. The molecule has 2 aliphatic rings. The number of carbonyl (C=O) groups excluding carboxylic acids is 2. The molecule has 5 rings (SSSR count). The Morgan fingerprint density at radius 1 is 1.19 bits per heavy atom. The summed E-state index contributed by atoms with van der Waals surface area (Å²) in [5.74, 6) is -0.264. The maximum Gasteiger partial charge on any atom is 0.271 e. The Labute approximate surface area is 188 Å². The van der Waals surface area contributed by atoms with Gasteiger partial charge in [-0.05, 0) is 44.4 Å². The van der Waals surface area contributed by atoms with Crippen molar-refractivity contribution >= 4 is 22.7 Å². The van der Waals surface area contributed by atoms with E-state index in [1.807, 2.05) is 73.0 Å². The van der Waals surface area contributed by atoms with Crippen molar-refractivity contribution in [1.82, 2.24) is 14.8 Å². The standard InChI is InChI=1S/C26H29N3O3/c1-18-9-11-19(12-10-18)16-29-24(30)23-14-20-6-3-4-8-22(20)28(23)17-26(29,2)25(31)27-15-21-7-5-13-32-21/h3-4,6,8-12,14,21H,5,7,13,15-17H2,1-2H3,(H,27,31). The third-order valence-corrected chi connectivity index (χ3v) is 6.80. The lowest BCUT2D eigenvalue weighted by Gasteiger charge is -2.44. The molecule has 3 aromatic rings. The molecule has 2 amide bonds. The van der Waals surface area contributed by atoms with Crippen LogP contribution in [0.5, 0.6) is 0 Å². The van der Waals surface area contributed by atoms with Crippen molar-refractivity contribution in [3.63, 3.8) is 0 Å². The second-order valence-corrected chi connectivity index (χ2v) is 9.17. The number of para-hydroxylation sites is 1. The summed E-state index contributed by atoms with van der Waals surface area (Å²) in [4.78, 5) is 29.0. The van der Waals surface area contributed by atoms with Crippen molar-refractivity contribution in [2.75, 3.05) is 13.2 Å². The van der Waals surface area contributed by atoms with Gasteiger partial charge in [0.05, 0.1) is 12.6 Å². The highest BCUT2D eigenvalue weighted by Crippen LogP contribution is 2.33. The van der Waals surface area contributed by atoms with Crippen LogP contribution in [0.3, 0.4) is 0 Å². The van der Waals surface area contributed by atoms with Crippen LogP contribution in [0.2, 0.25) is 0 Å². The highest BCUT2D eigenvalue weighted by Gasteiger charge is 2.47. The molecule has 0 radical (unpaired) electrons. The molecule has 2 atom stereocenters. The number of carbonyl (C=O) groups is 2. The minimum Gasteiger partial charge on any atom is -0.376 e. The molecule has 0 saturated carbocycles. The monoisotopic (exact) mass is 431 g/mol. The van der Waals surface area contributed by atoms with E-state index in [4.69, 9.17) is 4.74 Å². The lowest BCUT2D eigenvalue weighted by atomic mass is 9.93. The minimum absolute atomic E-state index is 0.0513. The van der Waals surface area contributed by atoms with E-state index >= 15 is 0 Å². The van der Waals surface area contributed by atoms with E-state index in [0.29, 0.717) is 25.3 Å². The molecular weight excluding hydrogens is 402 g/mol. The van der Waals surface area contributed by atoms with Crippen molar-refractivity contribution in [3.05, 3.63) is 71.4 Å². The van der Waals surface area contributed by atoms with Gasteiger partial charge in [0.2, 0.25) is 5.91 Å². The van der Waals surface area contributed by atoms with Gasteiger partial charge in [0.15, 0.2) is 0 Å². The lowest BCUT2D eigenvalue weighted by molar-refractivity contribution is -0.133. The van der Waals surface area contributed by atoms with E-state index in [0.717, 1.165) is 41.5 Å². The molecule has 0 bridgehead atoms. The quantitative estimate of drug-likeness (QED) is 0.671. The van der Waals surface area contributed by atoms with Crippen molar-refractivity contribution in [1.29, 1.82) is 0 Å². The summed E-state index contributed by atoms with van der Waals surface area (Å²) in [6, 6.07) is 18.0. The van der Waals surface area contributed by atoms with Gasteiger partial charge in [-0.3, -0.25) is 9.59 Å². The summed E-state index contributed by atoms with van der Waals surface area (Å²) >= 11 is 0. The second-order valence-electron chi connectivity index (χ2n) is 9.17. The Morgan fingerprint density at radius 3 is 2.72 bits per heavy atom. The maximum absolute atomic E-state index is 13.7. The molecule has 166 valence electrons. The molecule has 0 aliphatic carbocycles. The van der Waals surface area contributed by atoms with Crippen molar-refractivity contribution in [3.8, 4) is 0 Å². The number of hydrogen-bond acceptors (Lipinski definition) is 3. The molecule has 1 N–H and O–H groups in total. The largest absolute Gasteiger partial charge is 0.376 e. The van der Waals surface area contributed by atoms with E-state index in [-0.39, 0.29) is 17.9 Å². The van der Waals surface area contributed by atoms with Gasteiger partial charge in [-0.1, -0.05) is 48.0 Å². The predicted octanol–water partition coefficient (Wildman–Crippen LogP) is 3.66. The number of rotatable bonds is 5. The predicted molar refractivity (Wildman–Crippen MR) is 123 cm³/mol. The van der Waals surface area contributed by atoms with Gasteiger partial charge in [-0.2, -0.15) is 0 Å². The molecule has 0 spiro atoms. The molecule has 2 aromatic carbocycles. The van der Waals surface area contributed by atoms with E-state index in [1.165, 1.54) is 0 Å². The smallest absolute Gasteiger partial charge is 0.271 e. The highest BCUT2D eigenvalue weighted by molar-refractivity contribution is 6.03. The van der Waals surface area contributed by atoms with Crippen molar-refractivity contribution in [2.24, 2.45) is 0 Å². The Bertz CT molecular complexity index is 1160. The SMILES string of the molecule is Cc1ccc(CN2C(=O)c3cc4ccccc4n3CC2(C)C(=O)NCC2CCCO2)cc1. The fourth-order valence-corrected chi connectivity index (χ4v) is 4.83. The van der Waals surface area contributed by atoms with Crippen LogP contribution in [0.4, 0.5) is 0 Å². The summed E-state index contributed by atoms with van der Waals surface area (Å²) < 4.78 is 7.67. The van der Waals surface area contributed by atoms with Crippen LogP contribution in [0.1, 0.15) is 41.4 Å². The number of aromatic nitrogens is 1. The first-order valence-electron chi connectivity index (χ1n) is 11.3. The number of aryl methyl sites for hydroxylation is 1. The van der Waals surface area contributed by atoms with Gasteiger partial charge < -0.3 is 19.5 Å². The number of ether oxygens (including phenoxy) is 1. The number of hydrogen-bond donors (Lipinski definition) is 1. The van der Waals surface area contributed by atoms with Gasteiger partial charge in [-0.25, -0.2) is 0 Å². The summed E-state index contributed by atoms with van der Waals surface area (Å²) in [7, 11) is 0. The van der Waals surface area contributed by atoms with Crippen LogP contribution in [-0.2, 0) is 22.6 Å². The number of nitrogens with zero attached hydrogens (tertiary/aromatic N) is 2. The normalized spacial score (nSPS) is 22.9. The number of amides is 2. The van der Waals surface area contributed by atoms with Gasteiger partial charge >= 0.3 is 0 Å². The number of fused-ring (bicyclic) bond motifs is 3. The second kappa shape index (κ2) is 8.10. The zero-order valence-electron chi connectivity index (χ0n) is 18.6. The topological polar surface area (TPSA) is 63.6 Å². The van der Waals surface area contributed by atoms with Crippen molar-refractivity contribution < 1.29 is 14.3 Å². The van der Waals surface area contributed by atoms with E-state index in [2.05, 4.69) is 5.32 Å². The first-order valence-corrected chi connectivity index (χ1v) is 11.3. The summed E-state index contributed by atoms with van der Waals surface area (Å²) in [6.45, 7) is 5.92. The zero-order chi connectivity index (χ0) is 22.3. The number of benzene rings is 2. The fraction of sp³-hybridized carbons (Fsp3) is 0.385. The average molecular weight is 432 g/mol. The van der Waals surface area contributed by atoms with Crippen molar-refractivity contribution in [2.45, 2.75) is 51.4 Å². The van der Waals surface area contributed by atoms with E-state index < -0.39 is 5.54 Å². The van der Waals surface area contributed by atoms with Gasteiger partial charge in [0.25, 0.3) is 5.91 Å². The van der Waals surface area contributed by atoms with Gasteiger partial charge in [0.1, 0.15) is 11.2 Å². The Hall–Kier alpha value is -3.12. The third kappa shape index (κ3) is 3.58. The summed E-state index contributed by atoms with van der Waals surface area (Å²) in [5.41, 5.74) is 2.75. The Kier molecular flexibility index (Phi) is 5.25. The van der Waals surface area contributed by atoms with E-state index in [9.17, 15) is 9.59 Å². The van der Waals surface area contributed by atoms with Crippen LogP contribution in [0.15, 0.2) is 54.6 Å². The van der Waals surface area contributed by atoms with E-state index in [1.54, 1.807) is 4.90 Å². The highest BCUT2D eigenvalue weighted by atomic mass is 16.5. The zero-order valence-corrected chi connectivity index (χ0v) is 18.6. The number of nitrogens with one attached hydrogen (secondary N) is 1. The Morgan fingerprint density at radius 2 is 1.97 bits per heavy atom. The lowest BCUT2D eigenvalue weighted by Crippen LogP contribution is -2.64. The first kappa shape index (κ1) is 20.8. The van der Waals surface area contributed by atoms with Crippen LogP contribution in [-0.4, -0.2) is 46.1 Å². The van der Waals surface area contributed by atoms with Crippen LogP contribution in [0, 0.1) is 6.92 Å². The first-order chi connectivity index (χ1) is 15.5. The molecule has 32 heavy (non-hydrogen) atoms. The average Bonchev–Trinajstić information content (AvgIpc) is 3.44. The molecule has 2 unspecified atom stereocenters. The maximum atomic E-state index is 13.7. The minimum atomic E-state index is -1.02. The Balaban J connectivity index is 1.51. The third-order valence-electron chi connectivity index (χ3n) is 6.80. The molecular formula is C26H29N3O3. The van der Waals surface area contributed by atoms with Gasteiger partial charge in [0, 0.05) is 30.6 Å². The molecule has 1 aromatic heterocycles. The molecule has 2 aliphatic heterocycles. The van der Waals surface area contributed by atoms with Crippen LogP contribution >= 0.6 is 0 Å². The molecule has 3 heterocycles. The molecule has 6 nitrogen and oxygen atoms in total. The summed E-state index contributed by atoms with van der Waals surface area (Å²) in [6.07, 6.45) is 2.03. The van der Waals surface area contributed by atoms with Gasteiger partial charge in [-0.15, -0.1) is 0 Å². The molecule has 6 heteroatoms.